The van der Waals surface area contributed by atoms with E-state index in [0.29, 0.717) is 0 Å². The minimum atomic E-state index is 0.161. The van der Waals surface area contributed by atoms with E-state index in [0.717, 1.165) is 17.1 Å². The van der Waals surface area contributed by atoms with Gasteiger partial charge in [0.05, 0.1) is 11.8 Å². The van der Waals surface area contributed by atoms with Crippen LogP contribution in [0.2, 0.25) is 0 Å². The summed E-state index contributed by atoms with van der Waals surface area (Å²) in [5.74, 6) is 0.803. The molecule has 3 heteroatoms. The van der Waals surface area contributed by atoms with Crippen molar-refractivity contribution in [1.29, 1.82) is 0 Å². The first kappa shape index (κ1) is 9.71. The van der Waals surface area contributed by atoms with Gasteiger partial charge < -0.3 is 15.8 Å². The summed E-state index contributed by atoms with van der Waals surface area (Å²) in [4.78, 5) is 0. The third kappa shape index (κ3) is 2.54. The number of hydrogen-bond donors (Lipinski definition) is 2. The van der Waals surface area contributed by atoms with E-state index in [9.17, 15) is 0 Å². The van der Waals surface area contributed by atoms with Crippen LogP contribution in [-0.2, 0) is 0 Å². The summed E-state index contributed by atoms with van der Waals surface area (Å²) >= 11 is 0. The maximum Gasteiger partial charge on any atom is 0.144 e. The lowest BCUT2D eigenvalue weighted by molar-refractivity contribution is 0.244. The van der Waals surface area contributed by atoms with Crippen LogP contribution in [0.25, 0.3) is 0 Å². The molecule has 0 bridgehead atoms. The predicted octanol–water partition coefficient (Wildman–Crippen LogP) is 2.10. The maximum atomic E-state index is 5.65. The first-order valence-electron chi connectivity index (χ1n) is 4.37. The van der Waals surface area contributed by atoms with E-state index in [1.54, 1.807) is 0 Å². The normalized spacial score (nSPS) is 10.2. The quantitative estimate of drug-likeness (QED) is 0.700. The van der Waals surface area contributed by atoms with Crippen LogP contribution in [0.15, 0.2) is 18.2 Å². The Bertz CT molecular complexity index is 284. The topological polar surface area (TPSA) is 47.3 Å². The van der Waals surface area contributed by atoms with Gasteiger partial charge in [-0.1, -0.05) is 0 Å². The lowest BCUT2D eigenvalue weighted by atomic mass is 10.2. The van der Waals surface area contributed by atoms with Crippen molar-refractivity contribution in [1.82, 2.24) is 0 Å². The molecule has 13 heavy (non-hydrogen) atoms. The largest absolute Gasteiger partial charge is 0.489 e. The van der Waals surface area contributed by atoms with Crippen molar-refractivity contribution in [3.8, 4) is 5.75 Å². The van der Waals surface area contributed by atoms with Gasteiger partial charge in [0.2, 0.25) is 0 Å². The number of nitrogens with one attached hydrogen (secondary N) is 1. The minimum Gasteiger partial charge on any atom is -0.489 e. The molecule has 0 spiro atoms. The number of ether oxygens (including phenoxy) is 1. The van der Waals surface area contributed by atoms with Crippen molar-refractivity contribution in [2.24, 2.45) is 0 Å². The minimum absolute atomic E-state index is 0.161. The first-order chi connectivity index (χ1) is 6.13. The van der Waals surface area contributed by atoms with Gasteiger partial charge in [-0.2, -0.15) is 0 Å². The molecule has 0 saturated carbocycles. The summed E-state index contributed by atoms with van der Waals surface area (Å²) in [5, 5.41) is 3.05. The van der Waals surface area contributed by atoms with E-state index in [1.807, 2.05) is 39.1 Å². The number of nitrogens with two attached hydrogens (primary N) is 1. The summed E-state index contributed by atoms with van der Waals surface area (Å²) in [5.41, 5.74) is 7.33. The molecule has 0 heterocycles. The molecule has 0 amide bonds. The highest BCUT2D eigenvalue weighted by Gasteiger charge is 2.03. The summed E-state index contributed by atoms with van der Waals surface area (Å²) < 4.78 is 5.57. The van der Waals surface area contributed by atoms with Gasteiger partial charge in [0.15, 0.2) is 0 Å². The van der Waals surface area contributed by atoms with Crippen molar-refractivity contribution in [2.45, 2.75) is 20.0 Å². The van der Waals surface area contributed by atoms with Crippen LogP contribution >= 0.6 is 0 Å². The van der Waals surface area contributed by atoms with Crippen LogP contribution in [0.1, 0.15) is 13.8 Å². The van der Waals surface area contributed by atoms with Crippen molar-refractivity contribution in [2.75, 3.05) is 18.1 Å². The summed E-state index contributed by atoms with van der Waals surface area (Å²) in [7, 11) is 1.86. The summed E-state index contributed by atoms with van der Waals surface area (Å²) in [6, 6.07) is 5.58. The molecule has 0 aliphatic rings. The van der Waals surface area contributed by atoms with Crippen LogP contribution in [0.5, 0.6) is 5.75 Å². The zero-order valence-corrected chi connectivity index (χ0v) is 8.29. The standard InChI is InChI=1S/C10H16N2O/c1-7(2)13-10-6-8(11)4-5-9(10)12-3/h4-7,12H,11H2,1-3H3. The fourth-order valence-electron chi connectivity index (χ4n) is 1.10. The highest BCUT2D eigenvalue weighted by atomic mass is 16.5. The van der Waals surface area contributed by atoms with Crippen molar-refractivity contribution in [3.63, 3.8) is 0 Å². The number of rotatable bonds is 3. The molecule has 0 saturated heterocycles. The monoisotopic (exact) mass is 180 g/mol. The zero-order chi connectivity index (χ0) is 9.84. The number of anilines is 2. The molecule has 3 nitrogen and oxygen atoms in total. The average molecular weight is 180 g/mol. The summed E-state index contributed by atoms with van der Waals surface area (Å²) in [6.07, 6.45) is 0.161. The van der Waals surface area contributed by atoms with E-state index in [1.165, 1.54) is 0 Å². The molecule has 0 fully saturated rings. The lowest BCUT2D eigenvalue weighted by Crippen LogP contribution is -2.07. The zero-order valence-electron chi connectivity index (χ0n) is 8.29. The van der Waals surface area contributed by atoms with Crippen LogP contribution < -0.4 is 15.8 Å². The maximum absolute atomic E-state index is 5.65. The van der Waals surface area contributed by atoms with Crippen molar-refractivity contribution < 1.29 is 4.74 Å². The summed E-state index contributed by atoms with van der Waals surface area (Å²) in [6.45, 7) is 3.98. The van der Waals surface area contributed by atoms with E-state index in [4.69, 9.17) is 10.5 Å². The molecule has 1 aromatic carbocycles. The van der Waals surface area contributed by atoms with Gasteiger partial charge in [0.25, 0.3) is 0 Å². The second kappa shape index (κ2) is 4.03. The number of hydrogen-bond acceptors (Lipinski definition) is 3. The van der Waals surface area contributed by atoms with Gasteiger partial charge in [0, 0.05) is 18.8 Å². The SMILES string of the molecule is CNc1ccc(N)cc1OC(C)C. The number of nitrogen functional groups attached to an aromatic ring is 1. The van der Waals surface area contributed by atoms with Gasteiger partial charge in [-0.15, -0.1) is 0 Å². The molecular weight excluding hydrogens is 164 g/mol. The Kier molecular flexibility index (Phi) is 3.01. The molecule has 3 N–H and O–H groups in total. The molecule has 0 aliphatic heterocycles. The van der Waals surface area contributed by atoms with Gasteiger partial charge in [-0.25, -0.2) is 0 Å². The first-order valence-corrected chi connectivity index (χ1v) is 4.37. The Balaban J connectivity index is 2.94. The highest BCUT2D eigenvalue weighted by Crippen LogP contribution is 2.27. The Morgan fingerprint density at radius 1 is 1.38 bits per heavy atom. The number of benzene rings is 1. The Labute approximate surface area is 78.9 Å². The molecule has 72 valence electrons. The van der Waals surface area contributed by atoms with Crippen molar-refractivity contribution >= 4 is 11.4 Å². The fourth-order valence-corrected chi connectivity index (χ4v) is 1.10. The highest BCUT2D eigenvalue weighted by molar-refractivity contribution is 5.62. The third-order valence-corrected chi connectivity index (χ3v) is 1.64. The van der Waals surface area contributed by atoms with Crippen LogP contribution in [0.4, 0.5) is 11.4 Å². The van der Waals surface area contributed by atoms with E-state index >= 15 is 0 Å². The molecule has 0 unspecified atom stereocenters. The molecule has 1 aromatic rings. The van der Waals surface area contributed by atoms with E-state index < -0.39 is 0 Å². The molecule has 0 aromatic heterocycles. The molecule has 0 radical (unpaired) electrons. The lowest BCUT2D eigenvalue weighted by Gasteiger charge is -2.14. The van der Waals surface area contributed by atoms with Gasteiger partial charge in [-0.3, -0.25) is 0 Å². The van der Waals surface area contributed by atoms with E-state index in [2.05, 4.69) is 5.32 Å². The van der Waals surface area contributed by atoms with Gasteiger partial charge in [0.1, 0.15) is 5.75 Å². The molecule has 0 aliphatic carbocycles. The van der Waals surface area contributed by atoms with Crippen LogP contribution in [-0.4, -0.2) is 13.2 Å². The Morgan fingerprint density at radius 3 is 2.62 bits per heavy atom. The van der Waals surface area contributed by atoms with Crippen molar-refractivity contribution in [3.05, 3.63) is 18.2 Å². The third-order valence-electron chi connectivity index (χ3n) is 1.64. The predicted molar refractivity (Wildman–Crippen MR) is 56.2 cm³/mol. The molecular formula is C10H16N2O. The second-order valence-electron chi connectivity index (χ2n) is 3.17. The molecule has 1 rings (SSSR count). The second-order valence-corrected chi connectivity index (χ2v) is 3.17. The van der Waals surface area contributed by atoms with Crippen LogP contribution in [0, 0.1) is 0 Å². The van der Waals surface area contributed by atoms with Gasteiger partial charge in [-0.05, 0) is 26.0 Å². The Hall–Kier alpha value is -1.38. The van der Waals surface area contributed by atoms with Gasteiger partial charge >= 0.3 is 0 Å². The Morgan fingerprint density at radius 2 is 2.08 bits per heavy atom. The smallest absolute Gasteiger partial charge is 0.144 e. The van der Waals surface area contributed by atoms with E-state index in [-0.39, 0.29) is 6.10 Å². The fraction of sp³-hybridized carbons (Fsp3) is 0.400. The van der Waals surface area contributed by atoms with Crippen LogP contribution in [0.3, 0.4) is 0 Å². The molecule has 0 atom stereocenters. The average Bonchev–Trinajstić information content (AvgIpc) is 2.03.